The zero-order valence-electron chi connectivity index (χ0n) is 16.4. The summed E-state index contributed by atoms with van der Waals surface area (Å²) in [5, 5.41) is 0. The lowest BCUT2D eigenvalue weighted by molar-refractivity contribution is 0.626. The molecular weight excluding hydrogens is 216 g/mol. The van der Waals surface area contributed by atoms with E-state index in [2.05, 4.69) is 62.3 Å². The van der Waals surface area contributed by atoms with Gasteiger partial charge in [0.1, 0.15) is 0 Å². The van der Waals surface area contributed by atoms with Gasteiger partial charge in [0.2, 0.25) is 0 Å². The maximum atomic E-state index is 2.22. The minimum absolute atomic E-state index is 0.884. The number of rotatable bonds is 1. The lowest BCUT2D eigenvalue weighted by Gasteiger charge is -1.90. The average Bonchev–Trinajstić information content (AvgIpc) is 2.37. The first-order valence-electron chi connectivity index (χ1n) is 8.51. The zero-order valence-corrected chi connectivity index (χ0v) is 16.4. The second-order valence-electron chi connectivity index (χ2n) is 3.92. The van der Waals surface area contributed by atoms with Gasteiger partial charge in [-0.2, -0.15) is 0 Å². The standard InChI is InChI=1S/C5H12.3C3H8.2C2H6/c1-4-5(2)3;3*1-3-2;2*1-2/h5H,4H2,1-3H3;3*3H2,1-2H3;2*1-2H3. The van der Waals surface area contributed by atoms with Crippen molar-refractivity contribution in [1.82, 2.24) is 0 Å². The van der Waals surface area contributed by atoms with Gasteiger partial charge in [-0.1, -0.05) is 116 Å². The first-order chi connectivity index (χ1) is 8.51. The Morgan fingerprint density at radius 1 is 0.500 bits per heavy atom. The summed E-state index contributed by atoms with van der Waals surface area (Å²) >= 11 is 0. The van der Waals surface area contributed by atoms with Gasteiger partial charge < -0.3 is 0 Å². The fourth-order valence-corrected chi connectivity index (χ4v) is 0. The SMILES string of the molecule is CC.CC.CCC.CCC.CCC.CCC(C)C. The molecule has 0 unspecified atom stereocenters. The van der Waals surface area contributed by atoms with Gasteiger partial charge in [0.05, 0.1) is 0 Å². The van der Waals surface area contributed by atoms with E-state index in [1.807, 2.05) is 27.7 Å². The third-order valence-electron chi connectivity index (χ3n) is 0.816. The molecule has 0 aliphatic rings. The molecule has 0 aliphatic heterocycles. The molecule has 0 N–H and O–H groups in total. The highest BCUT2D eigenvalue weighted by Gasteiger charge is 1.80. The third-order valence-corrected chi connectivity index (χ3v) is 0.816. The first kappa shape index (κ1) is 36.1. The van der Waals surface area contributed by atoms with E-state index in [4.69, 9.17) is 0 Å². The van der Waals surface area contributed by atoms with Crippen LogP contribution in [-0.2, 0) is 0 Å². The molecule has 0 spiro atoms. The van der Waals surface area contributed by atoms with Crippen molar-refractivity contribution in [3.63, 3.8) is 0 Å². The number of hydrogen-bond acceptors (Lipinski definition) is 0. The molecule has 0 heteroatoms. The first-order valence-corrected chi connectivity index (χ1v) is 8.51. The van der Waals surface area contributed by atoms with Gasteiger partial charge in [0.15, 0.2) is 0 Å². The van der Waals surface area contributed by atoms with Gasteiger partial charge in [-0.3, -0.25) is 0 Å². The van der Waals surface area contributed by atoms with Crippen LogP contribution in [0.2, 0.25) is 0 Å². The molecule has 18 heavy (non-hydrogen) atoms. The van der Waals surface area contributed by atoms with Crippen molar-refractivity contribution in [2.45, 2.75) is 116 Å². The normalized spacial score (nSPS) is 6.33. The van der Waals surface area contributed by atoms with Crippen molar-refractivity contribution in [1.29, 1.82) is 0 Å². The van der Waals surface area contributed by atoms with Crippen LogP contribution in [0.1, 0.15) is 116 Å². The molecule has 0 amide bonds. The summed E-state index contributed by atoms with van der Waals surface area (Å²) in [5.41, 5.74) is 0. The van der Waals surface area contributed by atoms with Crippen LogP contribution in [-0.4, -0.2) is 0 Å². The van der Waals surface area contributed by atoms with E-state index in [0.29, 0.717) is 0 Å². The molecule has 0 aromatic heterocycles. The maximum Gasteiger partial charge on any atom is -0.0474 e. The Balaban J connectivity index is -0.0000000250. The molecule has 0 fully saturated rings. The topological polar surface area (TPSA) is 0 Å². The molecule has 0 saturated carbocycles. The smallest absolute Gasteiger partial charge is 0.0474 e. The Morgan fingerprint density at radius 2 is 0.556 bits per heavy atom. The van der Waals surface area contributed by atoms with Crippen molar-refractivity contribution < 1.29 is 0 Å². The Morgan fingerprint density at radius 3 is 0.556 bits per heavy atom. The predicted octanol–water partition coefficient (Wildman–Crippen LogP) is 8.35. The van der Waals surface area contributed by atoms with Crippen LogP contribution in [0, 0.1) is 5.92 Å². The molecule has 0 heterocycles. The lowest BCUT2D eigenvalue weighted by Crippen LogP contribution is -1.77. The Kier molecular flexibility index (Phi) is 178. The van der Waals surface area contributed by atoms with Crippen LogP contribution >= 0.6 is 0 Å². The van der Waals surface area contributed by atoms with Gasteiger partial charge in [-0.25, -0.2) is 0 Å². The van der Waals surface area contributed by atoms with E-state index >= 15 is 0 Å². The van der Waals surface area contributed by atoms with E-state index in [0.717, 1.165) is 5.92 Å². The van der Waals surface area contributed by atoms with Crippen LogP contribution in [0.25, 0.3) is 0 Å². The number of hydrogen-bond donors (Lipinski definition) is 0. The van der Waals surface area contributed by atoms with Gasteiger partial charge in [-0.15, -0.1) is 0 Å². The molecule has 0 aromatic rings. The van der Waals surface area contributed by atoms with Crippen LogP contribution < -0.4 is 0 Å². The van der Waals surface area contributed by atoms with Crippen LogP contribution in [0.3, 0.4) is 0 Å². The van der Waals surface area contributed by atoms with E-state index in [-0.39, 0.29) is 0 Å². The highest BCUT2D eigenvalue weighted by atomic mass is 13.9. The van der Waals surface area contributed by atoms with E-state index in [9.17, 15) is 0 Å². The summed E-state index contributed by atoms with van der Waals surface area (Å²) in [6.07, 6.45) is 5.06. The van der Waals surface area contributed by atoms with Gasteiger partial charge >= 0.3 is 0 Å². The Bertz CT molecular complexity index is 32.5. The quantitative estimate of drug-likeness (QED) is 0.446. The third kappa shape index (κ3) is 900. The molecule has 0 saturated heterocycles. The monoisotopic (exact) mass is 264 g/mol. The summed E-state index contributed by atoms with van der Waals surface area (Å²) < 4.78 is 0. The van der Waals surface area contributed by atoms with Crippen molar-refractivity contribution in [2.24, 2.45) is 5.92 Å². The molecule has 0 radical (unpaired) electrons. The minimum Gasteiger partial charge on any atom is -0.0683 e. The Hall–Kier alpha value is 0. The molecular formula is C18H48. The minimum atomic E-state index is 0.884. The van der Waals surface area contributed by atoms with E-state index in [1.54, 1.807) is 0 Å². The molecule has 0 aromatic carbocycles. The molecule has 0 bridgehead atoms. The van der Waals surface area contributed by atoms with Crippen LogP contribution in [0.15, 0.2) is 0 Å². The average molecular weight is 265 g/mol. The largest absolute Gasteiger partial charge is 0.0683 e. The van der Waals surface area contributed by atoms with Crippen molar-refractivity contribution in [3.8, 4) is 0 Å². The highest BCUT2D eigenvalue weighted by Crippen LogP contribution is 1.93. The van der Waals surface area contributed by atoms with E-state index < -0.39 is 0 Å². The van der Waals surface area contributed by atoms with Crippen molar-refractivity contribution in [3.05, 3.63) is 0 Å². The van der Waals surface area contributed by atoms with Gasteiger partial charge in [-0.05, 0) is 5.92 Å². The van der Waals surface area contributed by atoms with Crippen LogP contribution in [0.5, 0.6) is 0 Å². The predicted molar refractivity (Wildman–Crippen MR) is 95.7 cm³/mol. The zero-order chi connectivity index (χ0) is 16.4. The highest BCUT2D eigenvalue weighted by molar-refractivity contribution is 4.32. The van der Waals surface area contributed by atoms with Crippen LogP contribution in [0.4, 0.5) is 0 Å². The molecule has 0 rings (SSSR count). The molecule has 0 aliphatic carbocycles. The lowest BCUT2D eigenvalue weighted by atomic mass is 10.2. The summed E-state index contributed by atoms with van der Waals surface area (Å²) in [6, 6.07) is 0. The summed E-state index contributed by atoms with van der Waals surface area (Å²) in [4.78, 5) is 0. The van der Waals surface area contributed by atoms with Crippen molar-refractivity contribution in [2.75, 3.05) is 0 Å². The second-order valence-corrected chi connectivity index (χ2v) is 3.92. The Labute approximate surface area is 122 Å². The van der Waals surface area contributed by atoms with E-state index in [1.165, 1.54) is 25.7 Å². The summed E-state index contributed by atoms with van der Waals surface area (Å²) in [7, 11) is 0. The van der Waals surface area contributed by atoms with Crippen molar-refractivity contribution >= 4 is 0 Å². The maximum absolute atomic E-state index is 2.22. The summed E-state index contributed by atoms with van der Waals surface area (Å²) in [5.74, 6) is 0.884. The fourth-order valence-electron chi connectivity index (χ4n) is 0. The molecule has 0 nitrogen and oxygen atoms in total. The molecule has 120 valence electrons. The van der Waals surface area contributed by atoms with Gasteiger partial charge in [0, 0.05) is 0 Å². The molecule has 0 atom stereocenters. The summed E-state index contributed by atoms with van der Waals surface area (Å²) in [6.45, 7) is 27.4. The van der Waals surface area contributed by atoms with Gasteiger partial charge in [0.25, 0.3) is 0 Å². The fraction of sp³-hybridized carbons (Fsp3) is 1.00. The second kappa shape index (κ2) is 88.8.